The Morgan fingerprint density at radius 2 is 1.76 bits per heavy atom. The molecule has 2 atom stereocenters. The summed E-state index contributed by atoms with van der Waals surface area (Å²) in [5.74, 6) is 0.905. The highest BCUT2D eigenvalue weighted by Crippen LogP contribution is 2.32. The van der Waals surface area contributed by atoms with Crippen molar-refractivity contribution in [2.75, 3.05) is 20.3 Å². The van der Waals surface area contributed by atoms with E-state index >= 15 is 0 Å². The Labute approximate surface area is 146 Å². The van der Waals surface area contributed by atoms with Gasteiger partial charge in [-0.2, -0.15) is 0 Å². The number of aliphatic hydroxyl groups excluding tert-OH is 3. The fourth-order valence-electron chi connectivity index (χ4n) is 2.32. The molecule has 6 heteroatoms. The maximum Gasteiger partial charge on any atom is 0.161 e. The lowest BCUT2D eigenvalue weighted by Crippen LogP contribution is -2.29. The number of aliphatic hydroxyl groups is 3. The van der Waals surface area contributed by atoms with Gasteiger partial charge in [0.1, 0.15) is 11.9 Å². The molecule has 0 saturated carbocycles. The van der Waals surface area contributed by atoms with Gasteiger partial charge in [-0.15, -0.1) is 0 Å². The van der Waals surface area contributed by atoms with Crippen LogP contribution in [0, 0.1) is 0 Å². The van der Waals surface area contributed by atoms with Crippen LogP contribution < -0.4 is 9.47 Å². The lowest BCUT2D eigenvalue weighted by atomic mass is 10.0. The molecule has 0 aliphatic heterocycles. The van der Waals surface area contributed by atoms with Gasteiger partial charge < -0.3 is 29.9 Å². The summed E-state index contributed by atoms with van der Waals surface area (Å²) in [7, 11) is 1.49. The summed E-state index contributed by atoms with van der Waals surface area (Å²) in [5.41, 5.74) is 1.33. The van der Waals surface area contributed by atoms with Gasteiger partial charge in [0.2, 0.25) is 0 Å². The number of phenolic OH excluding ortho intramolecular Hbond substituents is 1. The molecule has 0 saturated heterocycles. The van der Waals surface area contributed by atoms with Crippen LogP contribution in [0.1, 0.15) is 17.2 Å². The van der Waals surface area contributed by atoms with Crippen LogP contribution >= 0.6 is 0 Å². The molecule has 2 aromatic rings. The van der Waals surface area contributed by atoms with Crippen LogP contribution in [0.25, 0.3) is 6.08 Å². The highest BCUT2D eigenvalue weighted by Gasteiger charge is 2.23. The molecule has 0 aliphatic carbocycles. The summed E-state index contributed by atoms with van der Waals surface area (Å²) in [6, 6.07) is 11.2. The second kappa shape index (κ2) is 9.08. The molecule has 134 valence electrons. The molecule has 0 fully saturated rings. The number of hydrogen-bond donors (Lipinski definition) is 4. The largest absolute Gasteiger partial charge is 0.508 e. The number of hydrogen-bond acceptors (Lipinski definition) is 6. The lowest BCUT2D eigenvalue weighted by molar-refractivity contribution is -0.000423. The molecule has 25 heavy (non-hydrogen) atoms. The van der Waals surface area contributed by atoms with Crippen LogP contribution in [0.15, 0.2) is 48.5 Å². The van der Waals surface area contributed by atoms with Crippen molar-refractivity contribution in [3.05, 3.63) is 59.7 Å². The SMILES string of the molecule is COc1cc(/C=C/CO)ccc1OC(CO)C(O)c1ccc(O)cc1. The Bertz CT molecular complexity index is 696. The summed E-state index contributed by atoms with van der Waals surface area (Å²) in [4.78, 5) is 0. The van der Waals surface area contributed by atoms with Crippen LogP contribution in [0.4, 0.5) is 0 Å². The Balaban J connectivity index is 2.20. The summed E-state index contributed by atoms with van der Waals surface area (Å²) in [6.07, 6.45) is 1.35. The Kier molecular flexibility index (Phi) is 6.82. The van der Waals surface area contributed by atoms with Crippen molar-refractivity contribution in [2.45, 2.75) is 12.2 Å². The van der Waals surface area contributed by atoms with E-state index in [9.17, 15) is 15.3 Å². The van der Waals surface area contributed by atoms with Crippen molar-refractivity contribution in [3.63, 3.8) is 0 Å². The molecule has 0 heterocycles. The molecule has 0 amide bonds. The van der Waals surface area contributed by atoms with Crippen molar-refractivity contribution < 1.29 is 29.9 Å². The highest BCUT2D eigenvalue weighted by atomic mass is 16.5. The summed E-state index contributed by atoms with van der Waals surface area (Å²) >= 11 is 0. The van der Waals surface area contributed by atoms with Crippen molar-refractivity contribution in [3.8, 4) is 17.2 Å². The molecular weight excluding hydrogens is 324 g/mol. The molecule has 2 unspecified atom stereocenters. The van der Waals surface area contributed by atoms with Crippen LogP contribution in [0.3, 0.4) is 0 Å². The second-order valence-electron chi connectivity index (χ2n) is 5.37. The van der Waals surface area contributed by atoms with E-state index in [2.05, 4.69) is 0 Å². The Morgan fingerprint density at radius 1 is 1.04 bits per heavy atom. The quantitative estimate of drug-likeness (QED) is 0.582. The predicted molar refractivity (Wildman–Crippen MR) is 93.7 cm³/mol. The average molecular weight is 346 g/mol. The number of aromatic hydroxyl groups is 1. The van der Waals surface area contributed by atoms with Gasteiger partial charge in [0.05, 0.1) is 20.3 Å². The zero-order valence-corrected chi connectivity index (χ0v) is 13.9. The standard InChI is InChI=1S/C19H22O6/c1-24-17-11-13(3-2-10-20)4-9-16(17)25-18(12-21)19(23)14-5-7-15(22)8-6-14/h2-9,11,18-23H,10,12H2,1H3/b3-2+. The number of rotatable bonds is 8. The number of benzene rings is 2. The van der Waals surface area contributed by atoms with E-state index < -0.39 is 18.8 Å². The van der Waals surface area contributed by atoms with Crippen LogP contribution in [0.2, 0.25) is 0 Å². The smallest absolute Gasteiger partial charge is 0.161 e. The first-order valence-electron chi connectivity index (χ1n) is 7.79. The molecule has 4 N–H and O–H groups in total. The van der Waals surface area contributed by atoms with Gasteiger partial charge in [0.15, 0.2) is 17.6 Å². The van der Waals surface area contributed by atoms with E-state index in [4.69, 9.17) is 14.6 Å². The van der Waals surface area contributed by atoms with E-state index in [0.29, 0.717) is 17.1 Å². The molecule has 0 bridgehead atoms. The zero-order chi connectivity index (χ0) is 18.2. The molecule has 0 spiro atoms. The fraction of sp³-hybridized carbons (Fsp3) is 0.263. The molecule has 0 aliphatic rings. The first-order chi connectivity index (χ1) is 12.1. The van der Waals surface area contributed by atoms with Gasteiger partial charge >= 0.3 is 0 Å². The highest BCUT2D eigenvalue weighted by molar-refractivity contribution is 5.56. The van der Waals surface area contributed by atoms with E-state index in [1.165, 1.54) is 19.2 Å². The summed E-state index contributed by atoms with van der Waals surface area (Å²) < 4.78 is 11.0. The van der Waals surface area contributed by atoms with Gasteiger partial charge in [-0.25, -0.2) is 0 Å². The van der Waals surface area contributed by atoms with E-state index in [1.54, 1.807) is 42.5 Å². The first kappa shape index (κ1) is 18.8. The predicted octanol–water partition coefficient (Wildman–Crippen LogP) is 1.88. The average Bonchev–Trinajstić information content (AvgIpc) is 2.64. The minimum Gasteiger partial charge on any atom is -0.508 e. The molecule has 2 aromatic carbocycles. The molecule has 2 rings (SSSR count). The van der Waals surface area contributed by atoms with Gasteiger partial charge in [-0.3, -0.25) is 0 Å². The first-order valence-corrected chi connectivity index (χ1v) is 7.79. The molecule has 0 aromatic heterocycles. The van der Waals surface area contributed by atoms with Gasteiger partial charge in [0, 0.05) is 0 Å². The maximum atomic E-state index is 10.4. The summed E-state index contributed by atoms with van der Waals surface area (Å²) in [5, 5.41) is 38.2. The maximum absolute atomic E-state index is 10.4. The third kappa shape index (κ3) is 4.96. The topological polar surface area (TPSA) is 99.4 Å². The van der Waals surface area contributed by atoms with Crippen LogP contribution in [0.5, 0.6) is 17.2 Å². The molecular formula is C19H22O6. The van der Waals surface area contributed by atoms with Crippen molar-refractivity contribution in [1.82, 2.24) is 0 Å². The zero-order valence-electron chi connectivity index (χ0n) is 13.9. The molecule has 6 nitrogen and oxygen atoms in total. The fourth-order valence-corrected chi connectivity index (χ4v) is 2.32. The normalized spacial score (nSPS) is 13.6. The third-order valence-corrected chi connectivity index (χ3v) is 3.65. The van der Waals surface area contributed by atoms with Crippen LogP contribution in [-0.2, 0) is 0 Å². The Morgan fingerprint density at radius 3 is 2.36 bits per heavy atom. The van der Waals surface area contributed by atoms with Crippen molar-refractivity contribution >= 4 is 6.08 Å². The number of phenols is 1. The summed E-state index contributed by atoms with van der Waals surface area (Å²) in [6.45, 7) is -0.469. The molecule has 0 radical (unpaired) electrons. The number of methoxy groups -OCH3 is 1. The third-order valence-electron chi connectivity index (χ3n) is 3.65. The number of ether oxygens (including phenoxy) is 2. The minimum atomic E-state index is -1.08. The monoisotopic (exact) mass is 346 g/mol. The Hall–Kier alpha value is -2.54. The van der Waals surface area contributed by atoms with Crippen molar-refractivity contribution in [1.29, 1.82) is 0 Å². The second-order valence-corrected chi connectivity index (χ2v) is 5.37. The van der Waals surface area contributed by atoms with E-state index in [0.717, 1.165) is 5.56 Å². The van der Waals surface area contributed by atoms with Crippen LogP contribution in [-0.4, -0.2) is 46.9 Å². The van der Waals surface area contributed by atoms with E-state index in [-0.39, 0.29) is 12.4 Å². The minimum absolute atomic E-state index is 0.0635. The van der Waals surface area contributed by atoms with Gasteiger partial charge in [0.25, 0.3) is 0 Å². The van der Waals surface area contributed by atoms with E-state index in [1.807, 2.05) is 0 Å². The van der Waals surface area contributed by atoms with Crippen molar-refractivity contribution in [2.24, 2.45) is 0 Å². The lowest BCUT2D eigenvalue weighted by Gasteiger charge is -2.24. The van der Waals surface area contributed by atoms with Gasteiger partial charge in [-0.05, 0) is 35.4 Å². The van der Waals surface area contributed by atoms with Gasteiger partial charge in [-0.1, -0.05) is 30.4 Å².